The fraction of sp³-hybridized carbons (Fsp3) is 0.818. The second kappa shape index (κ2) is 5.73. The molecule has 0 amide bonds. The lowest BCUT2D eigenvalue weighted by molar-refractivity contribution is -0.313. The summed E-state index contributed by atoms with van der Waals surface area (Å²) in [5.74, 6) is -2.80. The molecule has 88 valence electrons. The van der Waals surface area contributed by atoms with Crippen molar-refractivity contribution in [3.05, 3.63) is 0 Å². The van der Waals surface area contributed by atoms with E-state index < -0.39 is 17.9 Å². The molecule has 0 radical (unpaired) electrons. The van der Waals surface area contributed by atoms with Gasteiger partial charge in [-0.25, -0.2) is 0 Å². The molecule has 0 fully saturated rings. The minimum Gasteiger partial charge on any atom is -0.550 e. The van der Waals surface area contributed by atoms with Gasteiger partial charge in [0.15, 0.2) is 0 Å². The maximum atomic E-state index is 10.8. The zero-order chi connectivity index (χ0) is 12.1. The highest BCUT2D eigenvalue weighted by atomic mass is 16.4. The highest BCUT2D eigenvalue weighted by molar-refractivity contribution is 5.68. The molecule has 0 saturated carbocycles. The Morgan fingerprint density at radius 2 is 1.73 bits per heavy atom. The van der Waals surface area contributed by atoms with E-state index in [1.807, 2.05) is 20.8 Å². The number of carboxylic acid groups (broad SMARTS) is 2. The smallest absolute Gasteiger partial charge is 0.0445 e. The summed E-state index contributed by atoms with van der Waals surface area (Å²) in [6.45, 7) is 5.84. The standard InChI is InChI=1S/C11H20O4/c1-11(2,3)7-8(10(14)15)5-4-6-9(12)13/h8H,4-7H2,1-3H3,(H,12,13)(H,14,15)/p-2. The monoisotopic (exact) mass is 214 g/mol. The van der Waals surface area contributed by atoms with Gasteiger partial charge in [0, 0.05) is 11.9 Å². The van der Waals surface area contributed by atoms with Gasteiger partial charge in [0.1, 0.15) is 0 Å². The first-order valence-corrected chi connectivity index (χ1v) is 5.13. The molecule has 0 saturated heterocycles. The molecule has 15 heavy (non-hydrogen) atoms. The van der Waals surface area contributed by atoms with Crippen molar-refractivity contribution in [3.63, 3.8) is 0 Å². The van der Waals surface area contributed by atoms with E-state index in [0.717, 1.165) is 0 Å². The number of hydrogen-bond donors (Lipinski definition) is 0. The van der Waals surface area contributed by atoms with Crippen molar-refractivity contribution in [1.82, 2.24) is 0 Å². The van der Waals surface area contributed by atoms with Gasteiger partial charge < -0.3 is 19.8 Å². The third-order valence-corrected chi connectivity index (χ3v) is 2.13. The van der Waals surface area contributed by atoms with Crippen LogP contribution >= 0.6 is 0 Å². The Morgan fingerprint density at radius 3 is 2.07 bits per heavy atom. The number of carbonyl (C=O) groups is 2. The lowest BCUT2D eigenvalue weighted by Crippen LogP contribution is -2.34. The Morgan fingerprint density at radius 1 is 1.20 bits per heavy atom. The van der Waals surface area contributed by atoms with Gasteiger partial charge in [-0.2, -0.15) is 0 Å². The zero-order valence-electron chi connectivity index (χ0n) is 9.54. The van der Waals surface area contributed by atoms with E-state index in [1.165, 1.54) is 0 Å². The van der Waals surface area contributed by atoms with Gasteiger partial charge >= 0.3 is 0 Å². The molecule has 0 aromatic carbocycles. The van der Waals surface area contributed by atoms with Crippen molar-refractivity contribution < 1.29 is 19.8 Å². The van der Waals surface area contributed by atoms with Crippen LogP contribution in [-0.4, -0.2) is 11.9 Å². The van der Waals surface area contributed by atoms with Crippen molar-refractivity contribution >= 4 is 11.9 Å². The van der Waals surface area contributed by atoms with Crippen molar-refractivity contribution in [2.75, 3.05) is 0 Å². The maximum absolute atomic E-state index is 10.8. The number of rotatable bonds is 6. The summed E-state index contributed by atoms with van der Waals surface area (Å²) in [6, 6.07) is 0. The first-order chi connectivity index (χ1) is 6.72. The van der Waals surface area contributed by atoms with Crippen LogP contribution in [0, 0.1) is 11.3 Å². The van der Waals surface area contributed by atoms with Gasteiger partial charge in [-0.05, 0) is 37.0 Å². The summed E-state index contributed by atoms with van der Waals surface area (Å²) in [4.78, 5) is 20.9. The van der Waals surface area contributed by atoms with E-state index in [2.05, 4.69) is 0 Å². The van der Waals surface area contributed by atoms with E-state index in [-0.39, 0.29) is 11.8 Å². The summed E-state index contributed by atoms with van der Waals surface area (Å²) in [6.07, 6.45) is 1.08. The molecule has 0 aliphatic carbocycles. The predicted molar refractivity (Wildman–Crippen MR) is 51.4 cm³/mol. The molecule has 1 atom stereocenters. The predicted octanol–water partition coefficient (Wildman–Crippen LogP) is -0.291. The van der Waals surface area contributed by atoms with Crippen molar-refractivity contribution in [1.29, 1.82) is 0 Å². The molecule has 4 heteroatoms. The van der Waals surface area contributed by atoms with E-state index in [1.54, 1.807) is 0 Å². The molecule has 0 N–H and O–H groups in total. The van der Waals surface area contributed by atoms with Gasteiger partial charge in [0.25, 0.3) is 0 Å². The Labute approximate surface area is 90.3 Å². The van der Waals surface area contributed by atoms with Gasteiger partial charge in [0.2, 0.25) is 0 Å². The molecule has 0 aliphatic rings. The minimum atomic E-state index is -1.14. The Balaban J connectivity index is 4.06. The van der Waals surface area contributed by atoms with Crippen LogP contribution in [0.4, 0.5) is 0 Å². The van der Waals surface area contributed by atoms with Crippen LogP contribution in [0.3, 0.4) is 0 Å². The highest BCUT2D eigenvalue weighted by Gasteiger charge is 2.19. The third-order valence-electron chi connectivity index (χ3n) is 2.13. The first kappa shape index (κ1) is 13.9. The molecule has 0 aliphatic heterocycles. The van der Waals surface area contributed by atoms with Crippen LogP contribution in [-0.2, 0) is 9.59 Å². The summed E-state index contributed by atoms with van der Waals surface area (Å²) in [5.41, 5.74) is -0.0911. The van der Waals surface area contributed by atoms with E-state index in [4.69, 9.17) is 0 Å². The number of hydrogen-bond acceptors (Lipinski definition) is 4. The van der Waals surface area contributed by atoms with Crippen LogP contribution < -0.4 is 10.2 Å². The summed E-state index contributed by atoms with van der Waals surface area (Å²) >= 11 is 0. The number of aliphatic carboxylic acids is 2. The van der Waals surface area contributed by atoms with Gasteiger partial charge in [-0.1, -0.05) is 20.8 Å². The molecular weight excluding hydrogens is 196 g/mol. The maximum Gasteiger partial charge on any atom is 0.0445 e. The van der Waals surface area contributed by atoms with E-state index >= 15 is 0 Å². The molecular formula is C11H18O4-2. The Hall–Kier alpha value is -1.06. The highest BCUT2D eigenvalue weighted by Crippen LogP contribution is 2.27. The van der Waals surface area contributed by atoms with E-state index in [0.29, 0.717) is 19.3 Å². The number of carbonyl (C=O) groups excluding carboxylic acids is 2. The molecule has 4 nitrogen and oxygen atoms in total. The largest absolute Gasteiger partial charge is 0.550 e. The summed E-state index contributed by atoms with van der Waals surface area (Å²) < 4.78 is 0. The lowest BCUT2D eigenvalue weighted by Gasteiger charge is -2.26. The van der Waals surface area contributed by atoms with Gasteiger partial charge in [-0.15, -0.1) is 0 Å². The van der Waals surface area contributed by atoms with Crippen LogP contribution in [0.25, 0.3) is 0 Å². The average Bonchev–Trinajstić information content (AvgIpc) is 1.99. The Kier molecular flexibility index (Phi) is 5.33. The molecule has 0 aromatic rings. The summed E-state index contributed by atoms with van der Waals surface area (Å²) in [5, 5.41) is 20.9. The Bertz CT molecular complexity index is 227. The second-order valence-electron chi connectivity index (χ2n) is 5.04. The van der Waals surface area contributed by atoms with Crippen LogP contribution in [0.2, 0.25) is 0 Å². The second-order valence-corrected chi connectivity index (χ2v) is 5.04. The lowest BCUT2D eigenvalue weighted by atomic mass is 9.82. The van der Waals surface area contributed by atoms with Crippen molar-refractivity contribution in [2.24, 2.45) is 11.3 Å². The quantitative estimate of drug-likeness (QED) is 0.608. The molecule has 0 spiro atoms. The average molecular weight is 214 g/mol. The first-order valence-electron chi connectivity index (χ1n) is 5.13. The zero-order valence-corrected chi connectivity index (χ0v) is 9.54. The topological polar surface area (TPSA) is 80.3 Å². The van der Waals surface area contributed by atoms with Crippen molar-refractivity contribution in [2.45, 2.75) is 46.5 Å². The molecule has 0 heterocycles. The van der Waals surface area contributed by atoms with Gasteiger partial charge in [-0.3, -0.25) is 0 Å². The van der Waals surface area contributed by atoms with E-state index in [9.17, 15) is 19.8 Å². The fourth-order valence-corrected chi connectivity index (χ4v) is 1.54. The number of carboxylic acids is 2. The normalized spacial score (nSPS) is 13.5. The molecule has 0 rings (SSSR count). The molecule has 0 bridgehead atoms. The van der Waals surface area contributed by atoms with Crippen LogP contribution in [0.1, 0.15) is 46.5 Å². The SMILES string of the molecule is CC(C)(C)CC(CCCC(=O)[O-])C(=O)[O-]. The summed E-state index contributed by atoms with van der Waals surface area (Å²) in [7, 11) is 0. The molecule has 1 unspecified atom stereocenters. The minimum absolute atomic E-state index is 0.0894. The van der Waals surface area contributed by atoms with Crippen LogP contribution in [0.15, 0.2) is 0 Å². The van der Waals surface area contributed by atoms with Crippen LogP contribution in [0.5, 0.6) is 0 Å². The fourth-order valence-electron chi connectivity index (χ4n) is 1.54. The third kappa shape index (κ3) is 7.97. The van der Waals surface area contributed by atoms with Gasteiger partial charge in [0.05, 0.1) is 0 Å². The van der Waals surface area contributed by atoms with Crippen molar-refractivity contribution in [3.8, 4) is 0 Å². The molecule has 0 aromatic heterocycles.